The van der Waals surface area contributed by atoms with Crippen LogP contribution in [0.1, 0.15) is 5.69 Å². The molecule has 2 heterocycles. The molecule has 2 aromatic carbocycles. The Morgan fingerprint density at radius 2 is 1.89 bits per heavy atom. The van der Waals surface area contributed by atoms with Gasteiger partial charge in [0.15, 0.2) is 5.65 Å². The van der Waals surface area contributed by atoms with Crippen LogP contribution in [0.3, 0.4) is 0 Å². The fraction of sp³-hybridized carbons (Fsp3) is 0.0526. The number of hydrogen-bond donors (Lipinski definition) is 2. The maximum Gasteiger partial charge on any atom is 0.280 e. The largest absolute Gasteiger partial charge is 0.507 e. The molecule has 5 nitrogen and oxygen atoms in total. The Labute approximate surface area is 162 Å². The summed E-state index contributed by atoms with van der Waals surface area (Å²) < 4.78 is 14.5. The molecular formula is C19H12Cl2FN3O2. The van der Waals surface area contributed by atoms with Crippen molar-refractivity contribution in [1.29, 1.82) is 0 Å². The van der Waals surface area contributed by atoms with Gasteiger partial charge in [0.05, 0.1) is 15.6 Å². The van der Waals surface area contributed by atoms with E-state index in [-0.39, 0.29) is 16.9 Å². The van der Waals surface area contributed by atoms with E-state index in [2.05, 4.69) is 10.1 Å². The number of rotatable bonds is 2. The fourth-order valence-corrected chi connectivity index (χ4v) is 3.34. The molecule has 0 radical (unpaired) electrons. The average molecular weight is 404 g/mol. The van der Waals surface area contributed by atoms with Crippen LogP contribution in [0, 0.1) is 12.7 Å². The van der Waals surface area contributed by atoms with Crippen LogP contribution in [0.5, 0.6) is 5.75 Å². The second kappa shape index (κ2) is 6.40. The summed E-state index contributed by atoms with van der Waals surface area (Å²) >= 11 is 12.1. The molecule has 0 aliphatic heterocycles. The number of phenols is 1. The van der Waals surface area contributed by atoms with Crippen LogP contribution >= 0.6 is 23.2 Å². The molecule has 136 valence electrons. The number of nitrogens with one attached hydrogen (secondary N) is 1. The first-order valence-electron chi connectivity index (χ1n) is 7.91. The number of phenolic OH excluding ortho intramolecular Hbond substituents is 1. The fourth-order valence-electron chi connectivity index (χ4n) is 3.04. The van der Waals surface area contributed by atoms with Gasteiger partial charge in [-0.3, -0.25) is 9.89 Å². The maximum absolute atomic E-state index is 13.2. The Hall–Kier alpha value is -2.83. The number of aryl methyl sites for hydroxylation is 1. The Kier molecular flexibility index (Phi) is 4.17. The van der Waals surface area contributed by atoms with Crippen LogP contribution in [-0.2, 0) is 0 Å². The van der Waals surface area contributed by atoms with Gasteiger partial charge in [0.1, 0.15) is 11.6 Å². The number of nitrogens with zero attached hydrogens (tertiary/aromatic N) is 2. The molecule has 27 heavy (non-hydrogen) atoms. The molecule has 4 rings (SSSR count). The number of halogens is 3. The Morgan fingerprint density at radius 3 is 2.59 bits per heavy atom. The van der Waals surface area contributed by atoms with Crippen LogP contribution in [-0.4, -0.2) is 19.7 Å². The number of aromatic hydroxyl groups is 1. The third-order valence-corrected chi connectivity index (χ3v) is 5.04. The number of benzene rings is 2. The lowest BCUT2D eigenvalue weighted by Gasteiger charge is -2.05. The highest BCUT2D eigenvalue weighted by molar-refractivity contribution is 6.42. The summed E-state index contributed by atoms with van der Waals surface area (Å²) in [6, 6.07) is 8.62. The molecule has 0 aliphatic carbocycles. The van der Waals surface area contributed by atoms with Crippen LogP contribution in [0.15, 0.2) is 47.4 Å². The van der Waals surface area contributed by atoms with Crippen molar-refractivity contribution in [2.75, 3.05) is 0 Å². The van der Waals surface area contributed by atoms with Gasteiger partial charge in [-0.2, -0.15) is 0 Å². The second-order valence-corrected chi connectivity index (χ2v) is 6.85. The van der Waals surface area contributed by atoms with Gasteiger partial charge in [0.25, 0.3) is 5.56 Å². The highest BCUT2D eigenvalue weighted by Crippen LogP contribution is 2.33. The zero-order chi connectivity index (χ0) is 19.3. The highest BCUT2D eigenvalue weighted by atomic mass is 35.5. The van der Waals surface area contributed by atoms with Crippen LogP contribution in [0.25, 0.3) is 27.9 Å². The van der Waals surface area contributed by atoms with E-state index in [4.69, 9.17) is 23.2 Å². The predicted molar refractivity (Wildman–Crippen MR) is 103 cm³/mol. The first-order valence-corrected chi connectivity index (χ1v) is 8.67. The van der Waals surface area contributed by atoms with Crippen molar-refractivity contribution < 1.29 is 9.50 Å². The summed E-state index contributed by atoms with van der Waals surface area (Å²) in [5.74, 6) is -0.926. The lowest BCUT2D eigenvalue weighted by Crippen LogP contribution is -2.17. The van der Waals surface area contributed by atoms with E-state index in [0.29, 0.717) is 26.9 Å². The molecule has 0 saturated heterocycles. The van der Waals surface area contributed by atoms with Gasteiger partial charge in [-0.15, -0.1) is 0 Å². The van der Waals surface area contributed by atoms with E-state index < -0.39 is 11.4 Å². The molecule has 8 heteroatoms. The van der Waals surface area contributed by atoms with Crippen molar-refractivity contribution in [1.82, 2.24) is 14.6 Å². The zero-order valence-electron chi connectivity index (χ0n) is 13.9. The standard InChI is InChI=1S/C19H12Cl2FN3O2/c1-9-17(10-2-5-14(20)15(21)6-10)18-23-8-13(19(27)25(18)24-9)12-4-3-11(22)7-16(12)26/h2-8,24,26H,1H3. The summed E-state index contributed by atoms with van der Waals surface area (Å²) in [5.41, 5.74) is 2.50. The highest BCUT2D eigenvalue weighted by Gasteiger charge is 2.18. The molecule has 0 amide bonds. The van der Waals surface area contributed by atoms with Gasteiger partial charge >= 0.3 is 0 Å². The molecular weight excluding hydrogens is 392 g/mol. The molecule has 0 atom stereocenters. The van der Waals surface area contributed by atoms with Gasteiger partial charge in [-0.05, 0) is 36.8 Å². The van der Waals surface area contributed by atoms with Crippen molar-refractivity contribution in [2.45, 2.75) is 6.92 Å². The third-order valence-electron chi connectivity index (χ3n) is 4.30. The molecule has 0 unspecified atom stereocenters. The SMILES string of the molecule is Cc1[nH]n2c(=O)c(-c3ccc(F)cc3O)cnc2c1-c1ccc(Cl)c(Cl)c1. The van der Waals surface area contributed by atoms with Crippen LogP contribution in [0.4, 0.5) is 4.39 Å². The van der Waals surface area contributed by atoms with Crippen molar-refractivity contribution in [2.24, 2.45) is 0 Å². The maximum atomic E-state index is 13.2. The van der Waals surface area contributed by atoms with E-state index >= 15 is 0 Å². The molecule has 2 N–H and O–H groups in total. The minimum Gasteiger partial charge on any atom is -0.507 e. The quantitative estimate of drug-likeness (QED) is 0.504. The molecule has 0 aliphatic rings. The number of aromatic nitrogens is 3. The molecule has 4 aromatic rings. The molecule has 2 aromatic heterocycles. The minimum atomic E-state index is -0.594. The smallest absolute Gasteiger partial charge is 0.280 e. The van der Waals surface area contributed by atoms with Crippen LogP contribution < -0.4 is 5.56 Å². The predicted octanol–water partition coefficient (Wildman–Crippen LogP) is 4.82. The van der Waals surface area contributed by atoms with E-state index in [9.17, 15) is 14.3 Å². The van der Waals surface area contributed by atoms with Crippen molar-refractivity contribution in [3.05, 3.63) is 74.5 Å². The monoisotopic (exact) mass is 403 g/mol. The second-order valence-electron chi connectivity index (χ2n) is 6.04. The third kappa shape index (κ3) is 2.87. The van der Waals surface area contributed by atoms with Crippen molar-refractivity contribution in [3.63, 3.8) is 0 Å². The first-order chi connectivity index (χ1) is 12.9. The zero-order valence-corrected chi connectivity index (χ0v) is 15.4. The average Bonchev–Trinajstić information content (AvgIpc) is 2.96. The lowest BCUT2D eigenvalue weighted by molar-refractivity contribution is 0.471. The van der Waals surface area contributed by atoms with Gasteiger partial charge in [0.2, 0.25) is 0 Å². The Bertz CT molecular complexity index is 1260. The van der Waals surface area contributed by atoms with E-state index in [0.717, 1.165) is 11.6 Å². The van der Waals surface area contributed by atoms with Gasteiger partial charge < -0.3 is 5.11 Å². The van der Waals surface area contributed by atoms with E-state index in [1.807, 2.05) is 0 Å². The van der Waals surface area contributed by atoms with Crippen molar-refractivity contribution in [3.8, 4) is 28.0 Å². The van der Waals surface area contributed by atoms with Gasteiger partial charge in [-0.1, -0.05) is 29.3 Å². The molecule has 0 fully saturated rings. The minimum absolute atomic E-state index is 0.145. The normalized spacial score (nSPS) is 11.3. The summed E-state index contributed by atoms with van der Waals surface area (Å²) in [6.45, 7) is 1.81. The number of hydrogen-bond acceptors (Lipinski definition) is 3. The number of H-pyrrole nitrogens is 1. The van der Waals surface area contributed by atoms with Gasteiger partial charge in [0, 0.05) is 29.1 Å². The van der Waals surface area contributed by atoms with Crippen molar-refractivity contribution >= 4 is 28.8 Å². The number of fused-ring (bicyclic) bond motifs is 1. The van der Waals surface area contributed by atoms with E-state index in [1.165, 1.54) is 22.8 Å². The van der Waals surface area contributed by atoms with Gasteiger partial charge in [-0.25, -0.2) is 13.9 Å². The van der Waals surface area contributed by atoms with Crippen LogP contribution in [0.2, 0.25) is 10.0 Å². The molecule has 0 spiro atoms. The molecule has 0 bridgehead atoms. The lowest BCUT2D eigenvalue weighted by atomic mass is 10.1. The summed E-state index contributed by atoms with van der Waals surface area (Å²) in [6.07, 6.45) is 1.36. The van der Waals surface area contributed by atoms with E-state index in [1.54, 1.807) is 25.1 Å². The molecule has 0 saturated carbocycles. The summed E-state index contributed by atoms with van der Waals surface area (Å²) in [4.78, 5) is 17.3. The topological polar surface area (TPSA) is 70.4 Å². The number of aromatic amines is 1. The summed E-state index contributed by atoms with van der Waals surface area (Å²) in [7, 11) is 0. The summed E-state index contributed by atoms with van der Waals surface area (Å²) in [5, 5.41) is 13.8. The first kappa shape index (κ1) is 17.6. The Morgan fingerprint density at radius 1 is 1.11 bits per heavy atom. The Balaban J connectivity index is 1.96.